The van der Waals surface area contributed by atoms with E-state index in [0.29, 0.717) is 0 Å². The minimum atomic E-state index is -3.64. The van der Waals surface area contributed by atoms with E-state index in [-0.39, 0.29) is 4.90 Å². The molecule has 0 unspecified atom stereocenters. The van der Waals surface area contributed by atoms with Crippen molar-refractivity contribution in [1.82, 2.24) is 4.72 Å². The number of hydrogen-bond donors (Lipinski definition) is 1. The first kappa shape index (κ1) is 18.4. The summed E-state index contributed by atoms with van der Waals surface area (Å²) in [6, 6.07) is 26.0. The molecule has 134 valence electrons. The highest BCUT2D eigenvalue weighted by molar-refractivity contribution is 7.89. The summed E-state index contributed by atoms with van der Waals surface area (Å²) in [5.41, 5.74) is 2.96. The topological polar surface area (TPSA) is 46.2 Å². The van der Waals surface area contributed by atoms with E-state index in [1.165, 1.54) is 0 Å². The number of sulfonamides is 1. The third-order valence-corrected chi connectivity index (χ3v) is 5.75. The summed E-state index contributed by atoms with van der Waals surface area (Å²) >= 11 is 0. The Morgan fingerprint density at radius 3 is 1.73 bits per heavy atom. The summed E-state index contributed by atoms with van der Waals surface area (Å²) in [4.78, 5) is 0.286. The average Bonchev–Trinajstić information content (AvgIpc) is 2.68. The molecule has 0 radical (unpaired) electrons. The predicted molar refractivity (Wildman–Crippen MR) is 105 cm³/mol. The summed E-state index contributed by atoms with van der Waals surface area (Å²) in [5.74, 6) is 0. The van der Waals surface area contributed by atoms with Crippen molar-refractivity contribution in [2.75, 3.05) is 0 Å². The molecule has 0 aromatic heterocycles. The Kier molecular flexibility index (Phi) is 5.86. The van der Waals surface area contributed by atoms with Gasteiger partial charge in [0.2, 0.25) is 10.0 Å². The van der Waals surface area contributed by atoms with E-state index in [1.54, 1.807) is 12.1 Å². The van der Waals surface area contributed by atoms with Crippen LogP contribution in [0.15, 0.2) is 89.8 Å². The fourth-order valence-corrected chi connectivity index (χ4v) is 4.18. The molecule has 4 heteroatoms. The SMILES string of the molecule is CCCc1ccc(S(=O)(=O)NC(c2ccccc2)c2ccccc2)cc1. The first-order chi connectivity index (χ1) is 12.6. The Morgan fingerprint density at radius 1 is 0.769 bits per heavy atom. The molecule has 0 aliphatic rings. The molecule has 3 nitrogen and oxygen atoms in total. The number of hydrogen-bond acceptors (Lipinski definition) is 2. The van der Waals surface area contributed by atoms with Crippen molar-refractivity contribution in [3.8, 4) is 0 Å². The molecule has 3 aromatic carbocycles. The Bertz CT molecular complexity index is 881. The van der Waals surface area contributed by atoms with Crippen molar-refractivity contribution in [3.05, 3.63) is 102 Å². The Hall–Kier alpha value is -2.43. The Balaban J connectivity index is 1.93. The summed E-state index contributed by atoms with van der Waals surface area (Å²) in [6.45, 7) is 2.11. The number of benzene rings is 3. The third-order valence-electron chi connectivity index (χ3n) is 4.31. The van der Waals surface area contributed by atoms with Crippen LogP contribution in [0.1, 0.15) is 36.1 Å². The molecule has 0 aliphatic heterocycles. The van der Waals surface area contributed by atoms with E-state index in [9.17, 15) is 8.42 Å². The lowest BCUT2D eigenvalue weighted by Crippen LogP contribution is -2.29. The fourth-order valence-electron chi connectivity index (χ4n) is 2.97. The van der Waals surface area contributed by atoms with Gasteiger partial charge < -0.3 is 0 Å². The van der Waals surface area contributed by atoms with Crippen LogP contribution in [0, 0.1) is 0 Å². The molecule has 3 aromatic rings. The van der Waals surface area contributed by atoms with Gasteiger partial charge in [0.25, 0.3) is 0 Å². The van der Waals surface area contributed by atoms with Crippen molar-refractivity contribution in [2.24, 2.45) is 0 Å². The lowest BCUT2D eigenvalue weighted by Gasteiger charge is -2.20. The zero-order valence-electron chi connectivity index (χ0n) is 14.8. The second-order valence-corrected chi connectivity index (χ2v) is 7.98. The molecule has 0 aliphatic carbocycles. The molecular weight excluding hydrogens is 342 g/mol. The van der Waals surface area contributed by atoms with E-state index in [2.05, 4.69) is 11.6 Å². The predicted octanol–water partition coefficient (Wildman–Crippen LogP) is 4.71. The van der Waals surface area contributed by atoms with E-state index < -0.39 is 16.1 Å². The van der Waals surface area contributed by atoms with Crippen molar-refractivity contribution >= 4 is 10.0 Å². The van der Waals surface area contributed by atoms with Crippen molar-refractivity contribution in [1.29, 1.82) is 0 Å². The molecule has 26 heavy (non-hydrogen) atoms. The van der Waals surface area contributed by atoms with Crippen molar-refractivity contribution in [2.45, 2.75) is 30.7 Å². The zero-order valence-corrected chi connectivity index (χ0v) is 15.6. The van der Waals surface area contributed by atoms with Crippen molar-refractivity contribution in [3.63, 3.8) is 0 Å². The summed E-state index contributed by atoms with van der Waals surface area (Å²) in [6.07, 6.45) is 1.98. The molecule has 0 heterocycles. The first-order valence-electron chi connectivity index (χ1n) is 8.81. The van der Waals surface area contributed by atoms with Gasteiger partial charge in [0.15, 0.2) is 0 Å². The van der Waals surface area contributed by atoms with Crippen LogP contribution in [-0.4, -0.2) is 8.42 Å². The average molecular weight is 365 g/mol. The Morgan fingerprint density at radius 2 is 1.27 bits per heavy atom. The van der Waals surface area contributed by atoms with E-state index in [0.717, 1.165) is 29.5 Å². The van der Waals surface area contributed by atoms with Gasteiger partial charge in [-0.1, -0.05) is 86.1 Å². The second-order valence-electron chi connectivity index (χ2n) is 6.27. The van der Waals surface area contributed by atoms with E-state index in [1.807, 2.05) is 72.8 Å². The van der Waals surface area contributed by atoms with Gasteiger partial charge in [-0.25, -0.2) is 8.42 Å². The molecular formula is C22H23NO2S. The minimum absolute atomic E-state index is 0.286. The van der Waals surface area contributed by atoms with Gasteiger partial charge in [-0.05, 0) is 35.2 Å². The highest BCUT2D eigenvalue weighted by Crippen LogP contribution is 2.24. The number of aryl methyl sites for hydroxylation is 1. The molecule has 1 N–H and O–H groups in total. The molecule has 0 spiro atoms. The lowest BCUT2D eigenvalue weighted by molar-refractivity contribution is 0.572. The molecule has 0 fully saturated rings. The van der Waals surface area contributed by atoms with Gasteiger partial charge in [0, 0.05) is 0 Å². The van der Waals surface area contributed by atoms with Gasteiger partial charge in [-0.3, -0.25) is 0 Å². The first-order valence-corrected chi connectivity index (χ1v) is 10.3. The minimum Gasteiger partial charge on any atom is -0.207 e. The van der Waals surface area contributed by atoms with Crippen molar-refractivity contribution < 1.29 is 8.42 Å². The van der Waals surface area contributed by atoms with Crippen LogP contribution in [0.4, 0.5) is 0 Å². The van der Waals surface area contributed by atoms with Crippen LogP contribution < -0.4 is 4.72 Å². The van der Waals surface area contributed by atoms with Gasteiger partial charge in [-0.2, -0.15) is 4.72 Å². The molecule has 0 saturated heterocycles. The lowest BCUT2D eigenvalue weighted by atomic mass is 10.00. The van der Waals surface area contributed by atoms with Gasteiger partial charge >= 0.3 is 0 Å². The second kappa shape index (κ2) is 8.30. The highest BCUT2D eigenvalue weighted by atomic mass is 32.2. The normalized spacial score (nSPS) is 11.6. The van der Waals surface area contributed by atoms with Crippen LogP contribution >= 0.6 is 0 Å². The highest BCUT2D eigenvalue weighted by Gasteiger charge is 2.22. The van der Waals surface area contributed by atoms with Crippen LogP contribution in [0.3, 0.4) is 0 Å². The maximum atomic E-state index is 12.9. The van der Waals surface area contributed by atoms with E-state index >= 15 is 0 Å². The van der Waals surface area contributed by atoms with Crippen LogP contribution in [0.25, 0.3) is 0 Å². The largest absolute Gasteiger partial charge is 0.241 e. The van der Waals surface area contributed by atoms with Crippen LogP contribution in [0.2, 0.25) is 0 Å². The summed E-state index contributed by atoms with van der Waals surface area (Å²) in [5, 5.41) is 0. The van der Waals surface area contributed by atoms with Crippen LogP contribution in [-0.2, 0) is 16.4 Å². The molecule has 0 amide bonds. The standard InChI is InChI=1S/C22H23NO2S/c1-2-9-18-14-16-21(17-15-18)26(24,25)23-22(19-10-5-3-6-11-19)20-12-7-4-8-13-20/h3-8,10-17,22-23H,2,9H2,1H3. The maximum absolute atomic E-state index is 12.9. The van der Waals surface area contributed by atoms with Crippen LogP contribution in [0.5, 0.6) is 0 Å². The van der Waals surface area contributed by atoms with Gasteiger partial charge in [-0.15, -0.1) is 0 Å². The maximum Gasteiger partial charge on any atom is 0.241 e. The van der Waals surface area contributed by atoms with Gasteiger partial charge in [0.1, 0.15) is 0 Å². The number of nitrogens with one attached hydrogen (secondary N) is 1. The monoisotopic (exact) mass is 365 g/mol. The summed E-state index contributed by atoms with van der Waals surface area (Å²) in [7, 11) is -3.64. The quantitative estimate of drug-likeness (QED) is 0.659. The summed E-state index contributed by atoms with van der Waals surface area (Å²) < 4.78 is 28.8. The van der Waals surface area contributed by atoms with E-state index in [4.69, 9.17) is 0 Å². The molecule has 3 rings (SSSR count). The smallest absolute Gasteiger partial charge is 0.207 e. The Labute approximate surface area is 155 Å². The number of rotatable bonds is 7. The fraction of sp³-hybridized carbons (Fsp3) is 0.182. The molecule has 0 saturated carbocycles. The molecule has 0 bridgehead atoms. The molecule has 0 atom stereocenters. The van der Waals surface area contributed by atoms with Gasteiger partial charge in [0.05, 0.1) is 10.9 Å². The third kappa shape index (κ3) is 4.40. The zero-order chi connectivity index (χ0) is 18.4.